The quantitative estimate of drug-likeness (QED) is 0.798. The zero-order chi connectivity index (χ0) is 15.7. The number of ether oxygens (including phenoxy) is 1. The molecule has 0 fully saturated rings. The first-order valence-electron chi connectivity index (χ1n) is 6.61. The number of hydrogen-bond donors (Lipinski definition) is 1. The van der Waals surface area contributed by atoms with E-state index in [1.54, 1.807) is 6.07 Å². The van der Waals surface area contributed by atoms with Crippen molar-refractivity contribution in [3.63, 3.8) is 0 Å². The lowest BCUT2D eigenvalue weighted by molar-refractivity contribution is 0.415. The van der Waals surface area contributed by atoms with Gasteiger partial charge in [0, 0.05) is 24.0 Å². The van der Waals surface area contributed by atoms with Crippen molar-refractivity contribution in [3.8, 4) is 17.0 Å². The highest BCUT2D eigenvalue weighted by Gasteiger charge is 2.16. The van der Waals surface area contributed by atoms with Crippen LogP contribution in [-0.4, -0.2) is 32.0 Å². The number of hydrogen-bond acceptors (Lipinski definition) is 4. The highest BCUT2D eigenvalue weighted by Crippen LogP contribution is 2.31. The van der Waals surface area contributed by atoms with Crippen LogP contribution in [0.3, 0.4) is 0 Å². The molecule has 1 N–H and O–H groups in total. The molecule has 2 heterocycles. The second kappa shape index (κ2) is 5.43. The molecule has 0 aliphatic heterocycles. The van der Waals surface area contributed by atoms with Crippen molar-refractivity contribution in [1.82, 2.24) is 14.1 Å². The van der Waals surface area contributed by atoms with Crippen LogP contribution in [0.25, 0.3) is 16.9 Å². The minimum atomic E-state index is -3.51. The number of sulfonamides is 1. The maximum absolute atomic E-state index is 11.9. The van der Waals surface area contributed by atoms with Crippen LogP contribution in [0, 0.1) is 0 Å². The summed E-state index contributed by atoms with van der Waals surface area (Å²) in [5.41, 5.74) is 2.27. The van der Waals surface area contributed by atoms with Gasteiger partial charge in [-0.25, -0.2) is 18.1 Å². The lowest BCUT2D eigenvalue weighted by Gasteiger charge is -2.09. The van der Waals surface area contributed by atoms with Crippen LogP contribution in [0.4, 0.5) is 0 Å². The van der Waals surface area contributed by atoms with Gasteiger partial charge in [-0.1, -0.05) is 6.07 Å². The van der Waals surface area contributed by atoms with Crippen molar-refractivity contribution >= 4 is 15.7 Å². The topological polar surface area (TPSA) is 72.7 Å². The first kappa shape index (κ1) is 14.6. The van der Waals surface area contributed by atoms with Crippen LogP contribution in [0.5, 0.6) is 5.75 Å². The molecule has 3 rings (SSSR count). The highest BCUT2D eigenvalue weighted by molar-refractivity contribution is 7.89. The average Bonchev–Trinajstić information content (AvgIpc) is 2.98. The fourth-order valence-corrected chi connectivity index (χ4v) is 2.98. The number of nitrogens with zero attached hydrogens (tertiary/aromatic N) is 2. The van der Waals surface area contributed by atoms with Crippen molar-refractivity contribution in [2.24, 2.45) is 0 Å². The zero-order valence-electron chi connectivity index (χ0n) is 12.1. The molecule has 3 aromatic rings. The van der Waals surface area contributed by atoms with Crippen LogP contribution in [-0.2, 0) is 10.0 Å². The van der Waals surface area contributed by atoms with Crippen LogP contribution >= 0.6 is 0 Å². The second-order valence-corrected chi connectivity index (χ2v) is 6.55. The molecule has 0 radical (unpaired) electrons. The van der Waals surface area contributed by atoms with E-state index in [4.69, 9.17) is 4.74 Å². The summed E-state index contributed by atoms with van der Waals surface area (Å²) in [5.74, 6) is 0.458. The summed E-state index contributed by atoms with van der Waals surface area (Å²) in [4.78, 5) is 4.67. The van der Waals surface area contributed by atoms with Crippen molar-refractivity contribution in [1.29, 1.82) is 0 Å². The van der Waals surface area contributed by atoms with Crippen molar-refractivity contribution in [2.45, 2.75) is 4.90 Å². The maximum atomic E-state index is 11.9. The minimum absolute atomic E-state index is 0.152. The first-order chi connectivity index (χ1) is 10.5. The van der Waals surface area contributed by atoms with Gasteiger partial charge >= 0.3 is 0 Å². The monoisotopic (exact) mass is 317 g/mol. The summed E-state index contributed by atoms with van der Waals surface area (Å²) in [6.07, 6.45) is 3.78. The number of nitrogens with one attached hydrogen (secondary N) is 1. The van der Waals surface area contributed by atoms with E-state index in [1.165, 1.54) is 26.3 Å². The lowest BCUT2D eigenvalue weighted by Crippen LogP contribution is -2.18. The third-order valence-corrected chi connectivity index (χ3v) is 4.80. The second-order valence-electron chi connectivity index (χ2n) is 4.66. The van der Waals surface area contributed by atoms with Crippen molar-refractivity contribution < 1.29 is 13.2 Å². The number of benzene rings is 1. The van der Waals surface area contributed by atoms with Gasteiger partial charge in [0.2, 0.25) is 10.0 Å². The van der Waals surface area contributed by atoms with E-state index in [9.17, 15) is 8.42 Å². The number of fused-ring (bicyclic) bond motifs is 1. The summed E-state index contributed by atoms with van der Waals surface area (Å²) in [6.45, 7) is 0. The third-order valence-electron chi connectivity index (χ3n) is 3.39. The Morgan fingerprint density at radius 3 is 2.73 bits per heavy atom. The normalized spacial score (nSPS) is 11.7. The number of methoxy groups -OCH3 is 1. The van der Waals surface area contributed by atoms with Gasteiger partial charge in [0.1, 0.15) is 11.4 Å². The van der Waals surface area contributed by atoms with Crippen LogP contribution in [0.2, 0.25) is 0 Å². The van der Waals surface area contributed by atoms with Gasteiger partial charge in [0.05, 0.1) is 17.7 Å². The highest BCUT2D eigenvalue weighted by atomic mass is 32.2. The molecule has 0 saturated carbocycles. The molecule has 0 amide bonds. The zero-order valence-corrected chi connectivity index (χ0v) is 13.0. The van der Waals surface area contributed by atoms with Gasteiger partial charge in [-0.05, 0) is 31.3 Å². The van der Waals surface area contributed by atoms with Gasteiger partial charge < -0.3 is 9.14 Å². The number of imidazole rings is 1. The smallest absolute Gasteiger partial charge is 0.240 e. The largest absolute Gasteiger partial charge is 0.496 e. The van der Waals surface area contributed by atoms with Gasteiger partial charge in [-0.15, -0.1) is 0 Å². The van der Waals surface area contributed by atoms with Crippen LogP contribution in [0.15, 0.2) is 53.7 Å². The molecule has 0 unspecified atom stereocenters. The van der Waals surface area contributed by atoms with E-state index in [0.29, 0.717) is 5.75 Å². The van der Waals surface area contributed by atoms with E-state index in [-0.39, 0.29) is 4.90 Å². The molecular formula is C15H15N3O3S. The van der Waals surface area contributed by atoms with Crippen LogP contribution < -0.4 is 9.46 Å². The minimum Gasteiger partial charge on any atom is -0.496 e. The summed E-state index contributed by atoms with van der Waals surface area (Å²) < 4.78 is 33.3. The molecule has 2 aromatic heterocycles. The van der Waals surface area contributed by atoms with E-state index in [1.807, 2.05) is 35.0 Å². The van der Waals surface area contributed by atoms with Gasteiger partial charge in [0.15, 0.2) is 0 Å². The summed E-state index contributed by atoms with van der Waals surface area (Å²) in [5, 5.41) is 0. The molecule has 0 aliphatic rings. The molecular weight excluding hydrogens is 302 g/mol. The standard InChI is InChI=1S/C15H15N3O3S/c1-16-22(19,20)11-6-7-12(14(9-11)21-2)13-10-18-8-4-3-5-15(18)17-13/h3-10,16H,1-2H3. The summed E-state index contributed by atoms with van der Waals surface area (Å²) >= 11 is 0. The van der Waals surface area contributed by atoms with Crippen molar-refractivity contribution in [3.05, 3.63) is 48.8 Å². The fraction of sp³-hybridized carbons (Fsp3) is 0.133. The maximum Gasteiger partial charge on any atom is 0.240 e. The predicted molar refractivity (Wildman–Crippen MR) is 83.4 cm³/mol. The van der Waals surface area contributed by atoms with Crippen molar-refractivity contribution in [2.75, 3.05) is 14.2 Å². The predicted octanol–water partition coefficient (Wildman–Crippen LogP) is 1.92. The number of aromatic nitrogens is 2. The van der Waals surface area contributed by atoms with E-state index < -0.39 is 10.0 Å². The van der Waals surface area contributed by atoms with E-state index in [2.05, 4.69) is 9.71 Å². The summed E-state index contributed by atoms with van der Waals surface area (Å²) in [7, 11) is -0.633. The molecule has 1 aromatic carbocycles. The molecule has 0 spiro atoms. The Morgan fingerprint density at radius 1 is 1.23 bits per heavy atom. The Bertz CT molecular complexity index is 899. The molecule has 0 atom stereocenters. The molecule has 0 bridgehead atoms. The number of pyridine rings is 1. The number of rotatable bonds is 4. The van der Waals surface area contributed by atoms with E-state index >= 15 is 0 Å². The Labute approximate surface area is 128 Å². The summed E-state index contributed by atoms with van der Waals surface area (Å²) in [6, 6.07) is 10.4. The Hall–Kier alpha value is -2.38. The molecule has 7 heteroatoms. The fourth-order valence-electron chi connectivity index (χ4n) is 2.23. The van der Waals surface area contributed by atoms with E-state index in [0.717, 1.165) is 16.9 Å². The Balaban J connectivity index is 2.14. The van der Waals surface area contributed by atoms with Crippen LogP contribution in [0.1, 0.15) is 0 Å². The molecule has 22 heavy (non-hydrogen) atoms. The Kier molecular flexibility index (Phi) is 3.59. The molecule has 6 nitrogen and oxygen atoms in total. The lowest BCUT2D eigenvalue weighted by atomic mass is 10.1. The van der Waals surface area contributed by atoms with Gasteiger partial charge in [-0.2, -0.15) is 0 Å². The third kappa shape index (κ3) is 2.44. The molecule has 0 saturated heterocycles. The first-order valence-corrected chi connectivity index (χ1v) is 8.09. The van der Waals surface area contributed by atoms with Gasteiger partial charge in [0.25, 0.3) is 0 Å². The SMILES string of the molecule is CNS(=O)(=O)c1ccc(-c2cn3ccccc3n2)c(OC)c1. The Morgan fingerprint density at radius 2 is 2.05 bits per heavy atom. The molecule has 0 aliphatic carbocycles. The molecule has 114 valence electrons. The van der Waals surface area contributed by atoms with Gasteiger partial charge in [-0.3, -0.25) is 0 Å². The average molecular weight is 317 g/mol.